The molecule has 5 unspecified atom stereocenters. The number of ether oxygens (including phenoxy) is 2. The van der Waals surface area contributed by atoms with E-state index >= 15 is 0 Å². The summed E-state index contributed by atoms with van der Waals surface area (Å²) in [6.07, 6.45) is 5.54. The van der Waals surface area contributed by atoms with E-state index in [0.717, 1.165) is 18.6 Å². The molecule has 1 saturated carbocycles. The van der Waals surface area contributed by atoms with Crippen molar-refractivity contribution in [1.29, 1.82) is 0 Å². The van der Waals surface area contributed by atoms with Crippen molar-refractivity contribution in [2.45, 2.75) is 76.1 Å². The molecule has 158 valence electrons. The average molecular weight is 414 g/mol. The minimum Gasteiger partial charge on any atom is -0.450 e. The van der Waals surface area contributed by atoms with Crippen LogP contribution in [0.2, 0.25) is 0 Å². The summed E-state index contributed by atoms with van der Waals surface area (Å²) in [4.78, 5) is 36.7. The van der Waals surface area contributed by atoms with Gasteiger partial charge < -0.3 is 14.8 Å². The maximum absolute atomic E-state index is 12.8. The lowest BCUT2D eigenvalue weighted by molar-refractivity contribution is -0.126. The molecule has 3 rings (SSSR count). The molecule has 8 nitrogen and oxygen atoms in total. The second-order valence-corrected chi connectivity index (χ2v) is 8.96. The van der Waals surface area contributed by atoms with Crippen LogP contribution in [-0.4, -0.2) is 54.0 Å². The summed E-state index contributed by atoms with van der Waals surface area (Å²) in [7, 11) is 0. The molecule has 0 aromatic rings. The molecule has 0 bridgehead atoms. The fraction of sp³-hybridized carbons (Fsp3) is 0.842. The zero-order valence-corrected chi connectivity index (χ0v) is 17.4. The molecule has 3 N–H and O–H groups in total. The number of nitrogens with one attached hydrogen (secondary N) is 3. The van der Waals surface area contributed by atoms with Gasteiger partial charge in [-0.05, 0) is 44.8 Å². The van der Waals surface area contributed by atoms with Gasteiger partial charge in [0.15, 0.2) is 0 Å². The normalized spacial score (nSPS) is 33.4. The van der Waals surface area contributed by atoms with E-state index < -0.39 is 24.0 Å². The lowest BCUT2D eigenvalue weighted by Gasteiger charge is -2.27. The van der Waals surface area contributed by atoms with E-state index in [1.54, 1.807) is 6.92 Å². The van der Waals surface area contributed by atoms with Crippen molar-refractivity contribution in [2.75, 3.05) is 12.4 Å². The third kappa shape index (κ3) is 5.18. The zero-order chi connectivity index (χ0) is 20.1. The van der Waals surface area contributed by atoms with E-state index in [4.69, 9.17) is 9.47 Å². The number of carbonyl (C=O) groups is 3. The molecule has 3 fully saturated rings. The maximum Gasteiger partial charge on any atom is 0.413 e. The van der Waals surface area contributed by atoms with Gasteiger partial charge in [-0.3, -0.25) is 20.2 Å². The lowest BCUT2D eigenvalue weighted by atomic mass is 9.88. The summed E-state index contributed by atoms with van der Waals surface area (Å²) >= 11 is 1.52. The SMILES string of the molecule is CCOC(=O)NC(=O)C1CCSC1NC(=O)C1NC(C2CCCCC2)OC1C. The van der Waals surface area contributed by atoms with E-state index in [2.05, 4.69) is 16.0 Å². The number of hydrogen-bond donors (Lipinski definition) is 3. The number of carbonyl (C=O) groups excluding carboxylic acids is 3. The van der Waals surface area contributed by atoms with Crippen molar-refractivity contribution in [2.24, 2.45) is 11.8 Å². The van der Waals surface area contributed by atoms with Crippen LogP contribution >= 0.6 is 11.8 Å². The first kappa shape index (κ1) is 21.4. The number of alkyl carbamates (subject to hydrolysis) is 1. The van der Waals surface area contributed by atoms with Gasteiger partial charge in [-0.1, -0.05) is 19.3 Å². The van der Waals surface area contributed by atoms with Crippen molar-refractivity contribution >= 4 is 29.7 Å². The van der Waals surface area contributed by atoms with Gasteiger partial charge in [-0.2, -0.15) is 0 Å². The second kappa shape index (κ2) is 9.93. The van der Waals surface area contributed by atoms with Crippen LogP contribution < -0.4 is 16.0 Å². The molecule has 5 atom stereocenters. The summed E-state index contributed by atoms with van der Waals surface area (Å²) in [6, 6.07) is -0.429. The first-order chi connectivity index (χ1) is 13.5. The van der Waals surface area contributed by atoms with Crippen LogP contribution in [0.4, 0.5) is 4.79 Å². The first-order valence-electron chi connectivity index (χ1n) is 10.3. The summed E-state index contributed by atoms with van der Waals surface area (Å²) in [6.45, 7) is 3.79. The van der Waals surface area contributed by atoms with Crippen LogP contribution in [0.1, 0.15) is 52.4 Å². The Kier molecular flexibility index (Phi) is 7.59. The van der Waals surface area contributed by atoms with Crippen LogP contribution in [-0.2, 0) is 19.1 Å². The predicted molar refractivity (Wildman–Crippen MR) is 105 cm³/mol. The lowest BCUT2D eigenvalue weighted by Crippen LogP contribution is -2.52. The Morgan fingerprint density at radius 3 is 2.61 bits per heavy atom. The van der Waals surface area contributed by atoms with E-state index in [-0.39, 0.29) is 30.2 Å². The Morgan fingerprint density at radius 1 is 1.14 bits per heavy atom. The third-order valence-corrected chi connectivity index (χ3v) is 7.03. The predicted octanol–water partition coefficient (Wildman–Crippen LogP) is 1.74. The number of imide groups is 1. The van der Waals surface area contributed by atoms with E-state index in [9.17, 15) is 14.4 Å². The standard InChI is InChI=1S/C19H31N3O5S/c1-3-26-19(25)22-15(23)13-9-10-28-18(13)21-16(24)14-11(2)27-17(20-14)12-7-5-4-6-8-12/h11-14,17-18,20H,3-10H2,1-2H3,(H,21,24)(H,22,23,25). The van der Waals surface area contributed by atoms with Crippen LogP contribution in [0.25, 0.3) is 0 Å². The van der Waals surface area contributed by atoms with Crippen molar-refractivity contribution in [1.82, 2.24) is 16.0 Å². The fourth-order valence-corrected chi connectivity index (χ4v) is 5.56. The van der Waals surface area contributed by atoms with Crippen LogP contribution in [0.15, 0.2) is 0 Å². The van der Waals surface area contributed by atoms with Gasteiger partial charge in [0.25, 0.3) is 0 Å². The van der Waals surface area contributed by atoms with Gasteiger partial charge in [-0.25, -0.2) is 4.79 Å². The highest BCUT2D eigenvalue weighted by atomic mass is 32.2. The number of amides is 3. The largest absolute Gasteiger partial charge is 0.450 e. The van der Waals surface area contributed by atoms with Crippen molar-refractivity contribution in [3.05, 3.63) is 0 Å². The highest BCUT2D eigenvalue weighted by Crippen LogP contribution is 2.32. The second-order valence-electron chi connectivity index (χ2n) is 7.71. The molecule has 2 saturated heterocycles. The molecule has 28 heavy (non-hydrogen) atoms. The summed E-state index contributed by atoms with van der Waals surface area (Å²) in [5.74, 6) is 0.195. The number of rotatable bonds is 5. The van der Waals surface area contributed by atoms with Gasteiger partial charge in [-0.15, -0.1) is 11.8 Å². The van der Waals surface area contributed by atoms with Gasteiger partial charge in [0, 0.05) is 0 Å². The molecule has 2 aliphatic heterocycles. The molecular weight excluding hydrogens is 382 g/mol. The van der Waals surface area contributed by atoms with E-state index in [1.807, 2.05) is 6.92 Å². The highest BCUT2D eigenvalue weighted by molar-refractivity contribution is 8.00. The Morgan fingerprint density at radius 2 is 1.89 bits per heavy atom. The molecular formula is C19H31N3O5S. The third-order valence-electron chi connectivity index (χ3n) is 5.75. The minimum absolute atomic E-state index is 0.0785. The minimum atomic E-state index is -0.746. The molecule has 1 aliphatic carbocycles. The fourth-order valence-electron chi connectivity index (χ4n) is 4.23. The molecule has 3 amide bonds. The summed E-state index contributed by atoms with van der Waals surface area (Å²) in [5.41, 5.74) is 0. The topological polar surface area (TPSA) is 106 Å². The van der Waals surface area contributed by atoms with Crippen LogP contribution in [0, 0.1) is 11.8 Å². The average Bonchev–Trinajstić information content (AvgIpc) is 3.29. The first-order valence-corrected chi connectivity index (χ1v) is 11.4. The Bertz CT molecular complexity index is 584. The zero-order valence-electron chi connectivity index (χ0n) is 16.6. The molecule has 0 spiro atoms. The summed E-state index contributed by atoms with van der Waals surface area (Å²) < 4.78 is 10.8. The number of hydrogen-bond acceptors (Lipinski definition) is 7. The molecule has 2 heterocycles. The Labute approximate surface area is 170 Å². The van der Waals surface area contributed by atoms with Crippen molar-refractivity contribution in [3.63, 3.8) is 0 Å². The van der Waals surface area contributed by atoms with Crippen LogP contribution in [0.3, 0.4) is 0 Å². The molecule has 9 heteroatoms. The van der Waals surface area contributed by atoms with Crippen molar-refractivity contribution in [3.8, 4) is 0 Å². The maximum atomic E-state index is 12.8. The Hall–Kier alpha value is -1.32. The van der Waals surface area contributed by atoms with Gasteiger partial charge in [0.05, 0.1) is 24.0 Å². The van der Waals surface area contributed by atoms with Gasteiger partial charge >= 0.3 is 6.09 Å². The molecule has 0 radical (unpaired) electrons. The quantitative estimate of drug-likeness (QED) is 0.630. The Balaban J connectivity index is 1.53. The van der Waals surface area contributed by atoms with E-state index in [0.29, 0.717) is 12.3 Å². The molecule has 3 aliphatic rings. The summed E-state index contributed by atoms with van der Waals surface area (Å²) in [5, 5.41) is 8.23. The van der Waals surface area contributed by atoms with Crippen LogP contribution in [0.5, 0.6) is 0 Å². The molecule has 0 aromatic heterocycles. The monoisotopic (exact) mass is 413 g/mol. The number of thioether (sulfide) groups is 1. The smallest absolute Gasteiger partial charge is 0.413 e. The molecule has 0 aromatic carbocycles. The highest BCUT2D eigenvalue weighted by Gasteiger charge is 2.42. The van der Waals surface area contributed by atoms with Crippen molar-refractivity contribution < 1.29 is 23.9 Å². The van der Waals surface area contributed by atoms with Gasteiger partial charge in [0.2, 0.25) is 11.8 Å². The van der Waals surface area contributed by atoms with E-state index in [1.165, 1.54) is 31.0 Å². The van der Waals surface area contributed by atoms with Gasteiger partial charge in [0.1, 0.15) is 12.3 Å².